The largest absolute Gasteiger partial charge is 0.465 e. The molecule has 0 unspecified atom stereocenters. The van der Waals surface area contributed by atoms with Gasteiger partial charge in [-0.1, -0.05) is 21.1 Å². The van der Waals surface area contributed by atoms with E-state index < -0.39 is 5.91 Å². The number of carbonyl (C=O) groups is 1. The van der Waals surface area contributed by atoms with E-state index in [1.807, 2.05) is 44.2 Å². The lowest BCUT2D eigenvalue weighted by Crippen LogP contribution is -2.22. The molecular formula is C19H16BrN5O3. The van der Waals surface area contributed by atoms with Crippen LogP contribution in [0.2, 0.25) is 0 Å². The summed E-state index contributed by atoms with van der Waals surface area (Å²) in [7, 11) is 0. The quantitative estimate of drug-likeness (QED) is 0.505. The number of furan rings is 1. The number of hydrogen-bond acceptors (Lipinski definition) is 6. The van der Waals surface area contributed by atoms with Gasteiger partial charge >= 0.3 is 11.8 Å². The molecule has 1 aromatic carbocycles. The van der Waals surface area contributed by atoms with E-state index in [2.05, 4.69) is 36.5 Å². The molecule has 4 aromatic rings. The first-order valence-electron chi connectivity index (χ1n) is 8.49. The van der Waals surface area contributed by atoms with Crippen molar-refractivity contribution in [2.24, 2.45) is 0 Å². The summed E-state index contributed by atoms with van der Waals surface area (Å²) < 4.78 is 13.2. The smallest absolute Gasteiger partial charge is 0.316 e. The lowest BCUT2D eigenvalue weighted by atomic mass is 10.2. The third kappa shape index (κ3) is 3.74. The van der Waals surface area contributed by atoms with E-state index in [1.165, 1.54) is 0 Å². The van der Waals surface area contributed by atoms with E-state index in [0.717, 1.165) is 21.6 Å². The van der Waals surface area contributed by atoms with Gasteiger partial charge in [0.15, 0.2) is 0 Å². The predicted molar refractivity (Wildman–Crippen MR) is 104 cm³/mol. The molecule has 0 bridgehead atoms. The third-order valence-electron chi connectivity index (χ3n) is 4.07. The van der Waals surface area contributed by atoms with Gasteiger partial charge in [-0.15, -0.1) is 0 Å². The summed E-state index contributed by atoms with van der Waals surface area (Å²) in [4.78, 5) is 16.4. The number of rotatable bonds is 5. The Hall–Kier alpha value is -3.20. The Morgan fingerprint density at radius 1 is 1.18 bits per heavy atom. The average Bonchev–Trinajstić information content (AvgIpc) is 3.40. The molecule has 1 N–H and O–H groups in total. The van der Waals surface area contributed by atoms with Gasteiger partial charge in [-0.05, 0) is 50.2 Å². The summed E-state index contributed by atoms with van der Waals surface area (Å²) in [5.41, 5.74) is 2.31. The Morgan fingerprint density at radius 2 is 1.96 bits per heavy atom. The molecule has 0 aliphatic carbocycles. The Bertz CT molecular complexity index is 1130. The molecule has 8 nitrogen and oxygen atoms in total. The molecule has 3 heterocycles. The molecule has 1 amide bonds. The standard InChI is InChI=1S/C19H16BrN5O3/c1-11-3-8-15(27-11)9-21-18(26)19-22-17(24-28-19)16-10-25(23-12(16)2)14-6-4-13(20)5-7-14/h3-8,10H,9H2,1-2H3,(H,21,26). The number of nitrogens with one attached hydrogen (secondary N) is 1. The van der Waals surface area contributed by atoms with E-state index in [-0.39, 0.29) is 12.4 Å². The highest BCUT2D eigenvalue weighted by atomic mass is 79.9. The molecule has 0 fully saturated rings. The van der Waals surface area contributed by atoms with E-state index in [1.54, 1.807) is 16.9 Å². The summed E-state index contributed by atoms with van der Waals surface area (Å²) in [5, 5.41) is 11.1. The normalized spacial score (nSPS) is 11.0. The number of carbonyl (C=O) groups excluding carboxylic acids is 1. The van der Waals surface area contributed by atoms with Gasteiger partial charge in [-0.25, -0.2) is 4.68 Å². The zero-order chi connectivity index (χ0) is 19.7. The second kappa shape index (κ2) is 7.43. The van der Waals surface area contributed by atoms with E-state index in [9.17, 15) is 4.79 Å². The molecule has 0 saturated heterocycles. The predicted octanol–water partition coefficient (Wildman–Crippen LogP) is 3.82. The van der Waals surface area contributed by atoms with Gasteiger partial charge in [-0.3, -0.25) is 4.79 Å². The lowest BCUT2D eigenvalue weighted by Gasteiger charge is -2.00. The van der Waals surface area contributed by atoms with Crippen LogP contribution in [0.25, 0.3) is 17.1 Å². The Balaban J connectivity index is 1.50. The number of halogens is 1. The Morgan fingerprint density at radius 3 is 2.68 bits per heavy atom. The van der Waals surface area contributed by atoms with Gasteiger partial charge in [0.25, 0.3) is 0 Å². The maximum atomic E-state index is 12.2. The zero-order valence-corrected chi connectivity index (χ0v) is 16.7. The summed E-state index contributed by atoms with van der Waals surface area (Å²) in [6.07, 6.45) is 1.80. The van der Waals surface area contributed by atoms with Crippen LogP contribution in [0, 0.1) is 13.8 Å². The fourth-order valence-electron chi connectivity index (χ4n) is 2.65. The number of amides is 1. The number of aryl methyl sites for hydroxylation is 2. The van der Waals surface area contributed by atoms with Crippen LogP contribution < -0.4 is 5.32 Å². The van der Waals surface area contributed by atoms with Crippen LogP contribution in [-0.2, 0) is 6.54 Å². The highest BCUT2D eigenvalue weighted by Gasteiger charge is 2.19. The van der Waals surface area contributed by atoms with Crippen LogP contribution in [0.5, 0.6) is 0 Å². The molecule has 0 aliphatic heterocycles. The average molecular weight is 442 g/mol. The molecule has 0 atom stereocenters. The molecule has 0 radical (unpaired) electrons. The first-order valence-corrected chi connectivity index (χ1v) is 9.29. The zero-order valence-electron chi connectivity index (χ0n) is 15.1. The fourth-order valence-corrected chi connectivity index (χ4v) is 2.92. The topological polar surface area (TPSA) is 99.0 Å². The van der Waals surface area contributed by atoms with Gasteiger partial charge in [-0.2, -0.15) is 10.1 Å². The van der Waals surface area contributed by atoms with Crippen molar-refractivity contribution in [2.75, 3.05) is 0 Å². The minimum Gasteiger partial charge on any atom is -0.465 e. The van der Waals surface area contributed by atoms with Crippen LogP contribution in [-0.4, -0.2) is 25.8 Å². The molecule has 0 saturated carbocycles. The van der Waals surface area contributed by atoms with Crippen molar-refractivity contribution < 1.29 is 13.7 Å². The second-order valence-corrected chi connectivity index (χ2v) is 7.08. The van der Waals surface area contributed by atoms with Gasteiger partial charge in [0.1, 0.15) is 11.5 Å². The van der Waals surface area contributed by atoms with Crippen LogP contribution in [0.15, 0.2) is 56.0 Å². The second-order valence-electron chi connectivity index (χ2n) is 6.17. The van der Waals surface area contributed by atoms with Gasteiger partial charge in [0.2, 0.25) is 5.82 Å². The highest BCUT2D eigenvalue weighted by molar-refractivity contribution is 9.10. The first kappa shape index (κ1) is 18.2. The van der Waals surface area contributed by atoms with Crippen LogP contribution in [0.4, 0.5) is 0 Å². The summed E-state index contributed by atoms with van der Waals surface area (Å²) in [6, 6.07) is 11.4. The van der Waals surface area contributed by atoms with E-state index in [0.29, 0.717) is 17.1 Å². The minimum atomic E-state index is -0.467. The number of benzene rings is 1. The SMILES string of the molecule is Cc1ccc(CNC(=O)c2nc(-c3cn(-c4ccc(Br)cc4)nc3C)no2)o1. The lowest BCUT2D eigenvalue weighted by molar-refractivity contribution is 0.0904. The molecule has 0 spiro atoms. The maximum absolute atomic E-state index is 12.2. The van der Waals surface area contributed by atoms with Crippen molar-refractivity contribution in [2.45, 2.75) is 20.4 Å². The molecule has 0 aliphatic rings. The van der Waals surface area contributed by atoms with Crippen molar-refractivity contribution in [3.8, 4) is 17.1 Å². The Kier molecular flexibility index (Phi) is 4.82. The maximum Gasteiger partial charge on any atom is 0.316 e. The summed E-state index contributed by atoms with van der Waals surface area (Å²) in [6.45, 7) is 3.93. The molecule has 9 heteroatoms. The summed E-state index contributed by atoms with van der Waals surface area (Å²) >= 11 is 3.41. The number of nitrogens with zero attached hydrogens (tertiary/aromatic N) is 4. The molecule has 28 heavy (non-hydrogen) atoms. The van der Waals surface area contributed by atoms with Crippen molar-refractivity contribution >= 4 is 21.8 Å². The highest BCUT2D eigenvalue weighted by Crippen LogP contribution is 2.22. The first-order chi connectivity index (χ1) is 13.5. The van der Waals surface area contributed by atoms with Crippen molar-refractivity contribution in [1.29, 1.82) is 0 Å². The third-order valence-corrected chi connectivity index (χ3v) is 4.60. The molecule has 142 valence electrons. The molecule has 3 aromatic heterocycles. The number of hydrogen-bond donors (Lipinski definition) is 1. The Labute approximate surface area is 168 Å². The van der Waals surface area contributed by atoms with Crippen LogP contribution >= 0.6 is 15.9 Å². The number of aromatic nitrogens is 4. The van der Waals surface area contributed by atoms with Gasteiger partial charge in [0.05, 0.1) is 23.5 Å². The van der Waals surface area contributed by atoms with Gasteiger partial charge in [0, 0.05) is 10.7 Å². The van der Waals surface area contributed by atoms with Gasteiger partial charge < -0.3 is 14.3 Å². The summed E-state index contributed by atoms with van der Waals surface area (Å²) in [5.74, 6) is 1.15. The monoisotopic (exact) mass is 441 g/mol. The van der Waals surface area contributed by atoms with Crippen LogP contribution in [0.1, 0.15) is 27.9 Å². The molecular weight excluding hydrogens is 426 g/mol. The van der Waals surface area contributed by atoms with Crippen molar-refractivity contribution in [1.82, 2.24) is 25.2 Å². The minimum absolute atomic E-state index is 0.117. The van der Waals surface area contributed by atoms with Crippen molar-refractivity contribution in [3.05, 3.63) is 70.2 Å². The van der Waals surface area contributed by atoms with E-state index in [4.69, 9.17) is 8.94 Å². The fraction of sp³-hybridized carbons (Fsp3) is 0.158. The molecule has 4 rings (SSSR count). The van der Waals surface area contributed by atoms with Crippen LogP contribution in [0.3, 0.4) is 0 Å². The van der Waals surface area contributed by atoms with Crippen molar-refractivity contribution in [3.63, 3.8) is 0 Å². The van der Waals surface area contributed by atoms with E-state index >= 15 is 0 Å².